The Morgan fingerprint density at radius 2 is 1.95 bits per heavy atom. The zero-order valence-corrected chi connectivity index (χ0v) is 12.1. The number of benzene rings is 1. The van der Waals surface area contributed by atoms with Gasteiger partial charge in [-0.1, -0.05) is 30.4 Å². The molecule has 108 valence electrons. The van der Waals surface area contributed by atoms with E-state index in [0.717, 1.165) is 5.69 Å². The largest absolute Gasteiger partial charge is 0.393 e. The third-order valence-corrected chi connectivity index (χ3v) is 3.37. The van der Waals surface area contributed by atoms with Crippen molar-refractivity contribution in [2.75, 3.05) is 37.7 Å². The number of thiocarbonyl (C=S) groups is 1. The van der Waals surface area contributed by atoms with Gasteiger partial charge in [0.05, 0.1) is 18.2 Å². The van der Waals surface area contributed by atoms with Crippen LogP contribution in [0.3, 0.4) is 0 Å². The van der Waals surface area contributed by atoms with Gasteiger partial charge < -0.3 is 15.4 Å². The maximum Gasteiger partial charge on any atom is 0.324 e. The topological polar surface area (TPSA) is 58.8 Å². The molecular weight excluding hydrogens is 274 g/mol. The van der Waals surface area contributed by atoms with Crippen molar-refractivity contribution < 1.29 is 9.53 Å². The molecular formula is C14H19N3O2S. The quantitative estimate of drug-likeness (QED) is 0.857. The molecule has 0 aromatic heterocycles. The molecule has 2 rings (SSSR count). The number of nitrogens with two attached hydrogens (primary N) is 1. The number of hydrogen-bond acceptors (Lipinski definition) is 3. The second kappa shape index (κ2) is 7.21. The van der Waals surface area contributed by atoms with Gasteiger partial charge in [0.1, 0.15) is 0 Å². The Balaban J connectivity index is 2.12. The van der Waals surface area contributed by atoms with Gasteiger partial charge in [0, 0.05) is 31.7 Å². The summed E-state index contributed by atoms with van der Waals surface area (Å²) < 4.78 is 5.28. The molecule has 1 aliphatic rings. The Morgan fingerprint density at radius 1 is 1.30 bits per heavy atom. The third-order valence-electron chi connectivity index (χ3n) is 3.16. The van der Waals surface area contributed by atoms with Crippen molar-refractivity contribution in [3.63, 3.8) is 0 Å². The molecule has 2 N–H and O–H groups in total. The lowest BCUT2D eigenvalue weighted by molar-refractivity contribution is 0.0549. The van der Waals surface area contributed by atoms with Crippen LogP contribution in [-0.2, 0) is 4.74 Å². The predicted molar refractivity (Wildman–Crippen MR) is 83.0 cm³/mol. The second-order valence-electron chi connectivity index (χ2n) is 4.59. The Hall–Kier alpha value is -1.66. The Morgan fingerprint density at radius 3 is 2.55 bits per heavy atom. The molecule has 1 heterocycles. The average Bonchev–Trinajstić information content (AvgIpc) is 2.49. The first-order valence-electron chi connectivity index (χ1n) is 6.66. The summed E-state index contributed by atoms with van der Waals surface area (Å²) in [4.78, 5) is 16.6. The van der Waals surface area contributed by atoms with Crippen LogP contribution in [0.4, 0.5) is 10.5 Å². The molecule has 0 radical (unpaired) electrons. The van der Waals surface area contributed by atoms with Gasteiger partial charge in [-0.25, -0.2) is 4.79 Å². The number of para-hydroxylation sites is 1. The Bertz CT molecular complexity index is 461. The molecule has 0 unspecified atom stereocenters. The van der Waals surface area contributed by atoms with E-state index in [1.54, 1.807) is 9.80 Å². The van der Waals surface area contributed by atoms with Crippen LogP contribution in [0.2, 0.25) is 0 Å². The number of anilines is 1. The first-order valence-corrected chi connectivity index (χ1v) is 7.07. The van der Waals surface area contributed by atoms with Gasteiger partial charge in [0.25, 0.3) is 0 Å². The van der Waals surface area contributed by atoms with Crippen molar-refractivity contribution in [1.29, 1.82) is 0 Å². The van der Waals surface area contributed by atoms with E-state index in [0.29, 0.717) is 44.3 Å². The number of amides is 2. The van der Waals surface area contributed by atoms with Gasteiger partial charge in [-0.2, -0.15) is 0 Å². The van der Waals surface area contributed by atoms with Gasteiger partial charge >= 0.3 is 6.03 Å². The summed E-state index contributed by atoms with van der Waals surface area (Å²) in [6.45, 7) is 2.91. The Kier molecular flexibility index (Phi) is 5.31. The number of ether oxygens (including phenoxy) is 1. The van der Waals surface area contributed by atoms with Crippen LogP contribution in [0, 0.1) is 0 Å². The fraction of sp³-hybridized carbons (Fsp3) is 0.429. The summed E-state index contributed by atoms with van der Waals surface area (Å²) in [6, 6.07) is 9.56. The smallest absolute Gasteiger partial charge is 0.324 e. The van der Waals surface area contributed by atoms with Crippen molar-refractivity contribution in [1.82, 2.24) is 4.90 Å². The number of rotatable bonds is 4. The summed E-state index contributed by atoms with van der Waals surface area (Å²) in [5.74, 6) is 0. The van der Waals surface area contributed by atoms with Crippen LogP contribution in [0.5, 0.6) is 0 Å². The molecule has 20 heavy (non-hydrogen) atoms. The van der Waals surface area contributed by atoms with Crippen molar-refractivity contribution in [3.05, 3.63) is 30.3 Å². The van der Waals surface area contributed by atoms with E-state index in [2.05, 4.69) is 0 Å². The zero-order valence-electron chi connectivity index (χ0n) is 11.3. The number of urea groups is 1. The summed E-state index contributed by atoms with van der Waals surface area (Å²) >= 11 is 4.91. The van der Waals surface area contributed by atoms with Gasteiger partial charge in [-0.15, -0.1) is 0 Å². The fourth-order valence-electron chi connectivity index (χ4n) is 2.09. The SMILES string of the molecule is NC(=S)CCN(C(=O)N1CCOCC1)c1ccccc1. The minimum Gasteiger partial charge on any atom is -0.393 e. The van der Waals surface area contributed by atoms with Crippen LogP contribution in [0.1, 0.15) is 6.42 Å². The molecule has 1 aliphatic heterocycles. The second-order valence-corrected chi connectivity index (χ2v) is 5.11. The number of nitrogens with zero attached hydrogens (tertiary/aromatic N) is 2. The highest BCUT2D eigenvalue weighted by Crippen LogP contribution is 2.16. The van der Waals surface area contributed by atoms with Crippen LogP contribution in [-0.4, -0.2) is 48.8 Å². The number of carbonyl (C=O) groups is 1. The summed E-state index contributed by atoms with van der Waals surface area (Å²) in [6.07, 6.45) is 0.514. The molecule has 0 aliphatic carbocycles. The predicted octanol–water partition coefficient (Wildman–Crippen LogP) is 1.62. The van der Waals surface area contributed by atoms with E-state index in [1.807, 2.05) is 30.3 Å². The maximum atomic E-state index is 12.6. The molecule has 0 bridgehead atoms. The molecule has 1 aromatic carbocycles. The molecule has 1 saturated heterocycles. The van der Waals surface area contributed by atoms with Crippen molar-refractivity contribution in [3.8, 4) is 0 Å². The van der Waals surface area contributed by atoms with Crippen LogP contribution in [0.25, 0.3) is 0 Å². The number of hydrogen-bond donors (Lipinski definition) is 1. The summed E-state index contributed by atoms with van der Waals surface area (Å²) in [7, 11) is 0. The minimum absolute atomic E-state index is 0.0178. The van der Waals surface area contributed by atoms with E-state index in [9.17, 15) is 4.79 Å². The molecule has 1 aromatic rings. The Labute approximate surface area is 124 Å². The molecule has 0 saturated carbocycles. The monoisotopic (exact) mass is 293 g/mol. The number of carbonyl (C=O) groups excluding carboxylic acids is 1. The highest BCUT2D eigenvalue weighted by Gasteiger charge is 2.23. The maximum absolute atomic E-state index is 12.6. The lowest BCUT2D eigenvalue weighted by atomic mass is 10.2. The average molecular weight is 293 g/mol. The molecule has 1 fully saturated rings. The third kappa shape index (κ3) is 3.91. The first kappa shape index (κ1) is 14.7. The molecule has 0 atom stereocenters. The zero-order chi connectivity index (χ0) is 14.4. The normalized spacial score (nSPS) is 14.9. The van der Waals surface area contributed by atoms with Crippen molar-refractivity contribution >= 4 is 28.9 Å². The highest BCUT2D eigenvalue weighted by molar-refractivity contribution is 7.80. The van der Waals surface area contributed by atoms with Crippen LogP contribution < -0.4 is 10.6 Å². The van der Waals surface area contributed by atoms with Crippen LogP contribution >= 0.6 is 12.2 Å². The van der Waals surface area contributed by atoms with E-state index < -0.39 is 0 Å². The molecule has 5 nitrogen and oxygen atoms in total. The van der Waals surface area contributed by atoms with E-state index >= 15 is 0 Å². The molecule has 6 heteroatoms. The van der Waals surface area contributed by atoms with Crippen LogP contribution in [0.15, 0.2) is 30.3 Å². The van der Waals surface area contributed by atoms with E-state index in [4.69, 9.17) is 22.7 Å². The summed E-state index contributed by atoms with van der Waals surface area (Å²) in [5, 5.41) is 0. The molecule has 2 amide bonds. The van der Waals surface area contributed by atoms with Gasteiger partial charge in [0.2, 0.25) is 0 Å². The minimum atomic E-state index is -0.0178. The van der Waals surface area contributed by atoms with Gasteiger partial charge in [-0.3, -0.25) is 4.90 Å². The first-order chi connectivity index (χ1) is 9.68. The summed E-state index contributed by atoms with van der Waals surface area (Å²) in [5.41, 5.74) is 6.42. The lowest BCUT2D eigenvalue weighted by Gasteiger charge is -2.33. The lowest BCUT2D eigenvalue weighted by Crippen LogP contribution is -2.49. The van der Waals surface area contributed by atoms with Gasteiger partial charge in [0.15, 0.2) is 0 Å². The molecule has 0 spiro atoms. The van der Waals surface area contributed by atoms with Gasteiger partial charge in [-0.05, 0) is 12.1 Å². The fourth-order valence-corrected chi connectivity index (χ4v) is 2.18. The number of morpholine rings is 1. The van der Waals surface area contributed by atoms with E-state index in [-0.39, 0.29) is 6.03 Å². The highest BCUT2D eigenvalue weighted by atomic mass is 32.1. The van der Waals surface area contributed by atoms with E-state index in [1.165, 1.54) is 0 Å². The van der Waals surface area contributed by atoms with Crippen molar-refractivity contribution in [2.24, 2.45) is 5.73 Å². The standard InChI is InChI=1S/C14H19N3O2S/c15-13(20)6-7-17(12-4-2-1-3-5-12)14(18)16-8-10-19-11-9-16/h1-5H,6-11H2,(H2,15,20). The van der Waals surface area contributed by atoms with Crippen molar-refractivity contribution in [2.45, 2.75) is 6.42 Å².